The molecule has 2 aromatic carbocycles. The van der Waals surface area contributed by atoms with Gasteiger partial charge in [0, 0.05) is 11.4 Å². The summed E-state index contributed by atoms with van der Waals surface area (Å²) in [6.45, 7) is 4.06. The average molecular weight is 675 g/mol. The maximum Gasteiger partial charge on any atom is 0.323 e. The number of nitrogen functional groups attached to an aromatic ring is 2. The second-order valence-corrected chi connectivity index (χ2v) is 12.2. The number of hydrogen-bond donors (Lipinski definition) is 4. The third kappa shape index (κ3) is 8.29. The molecular weight excluding hydrogens is 644 g/mol. The van der Waals surface area contributed by atoms with E-state index in [9.17, 15) is 16.8 Å². The minimum Gasteiger partial charge on any atom is -0.464 e. The SMILES string of the molecule is CCOc1nc(N)nc(Nc2ccc(/C=C/c3ccc(Nc4nc(N)nc(OCC)n4)cc3S(=O)(=O)OC)c(S(=O)(=O)OC)c2)n1. The molecule has 4 aromatic rings. The van der Waals surface area contributed by atoms with Crippen molar-refractivity contribution in [1.29, 1.82) is 0 Å². The summed E-state index contributed by atoms with van der Waals surface area (Å²) in [7, 11) is -6.49. The van der Waals surface area contributed by atoms with E-state index in [0.717, 1.165) is 14.2 Å². The molecule has 20 heteroatoms. The van der Waals surface area contributed by atoms with Crippen LogP contribution in [0.5, 0.6) is 12.0 Å². The Morgan fingerprint density at radius 3 is 1.39 bits per heavy atom. The fraction of sp³-hybridized carbons (Fsp3) is 0.231. The molecule has 18 nitrogen and oxygen atoms in total. The van der Waals surface area contributed by atoms with Crippen LogP contribution in [0.3, 0.4) is 0 Å². The van der Waals surface area contributed by atoms with Gasteiger partial charge < -0.3 is 31.6 Å². The average Bonchev–Trinajstić information content (AvgIpc) is 3.00. The van der Waals surface area contributed by atoms with E-state index in [1.54, 1.807) is 26.0 Å². The quantitative estimate of drug-likeness (QED) is 0.110. The summed E-state index contributed by atoms with van der Waals surface area (Å²) >= 11 is 0. The van der Waals surface area contributed by atoms with Gasteiger partial charge in [-0.2, -0.15) is 46.7 Å². The molecule has 0 bridgehead atoms. The molecule has 0 fully saturated rings. The van der Waals surface area contributed by atoms with Crippen LogP contribution in [-0.4, -0.2) is 74.2 Å². The van der Waals surface area contributed by atoms with Crippen molar-refractivity contribution in [1.82, 2.24) is 29.9 Å². The number of nitrogens with two attached hydrogens (primary N) is 2. The van der Waals surface area contributed by atoms with Gasteiger partial charge in [-0.1, -0.05) is 24.3 Å². The normalized spacial score (nSPS) is 11.8. The van der Waals surface area contributed by atoms with E-state index in [0.29, 0.717) is 0 Å². The lowest BCUT2D eigenvalue weighted by atomic mass is 10.1. The Labute approximate surface area is 264 Å². The molecule has 0 spiro atoms. The number of hydrogen-bond acceptors (Lipinski definition) is 18. The Hall–Kier alpha value is -5.18. The van der Waals surface area contributed by atoms with Crippen LogP contribution in [0.1, 0.15) is 25.0 Å². The first-order valence-corrected chi connectivity index (χ1v) is 16.1. The number of aromatic nitrogens is 6. The summed E-state index contributed by atoms with van der Waals surface area (Å²) in [4.78, 5) is 23.4. The number of benzene rings is 2. The monoisotopic (exact) mass is 674 g/mol. The van der Waals surface area contributed by atoms with Crippen molar-refractivity contribution in [3.63, 3.8) is 0 Å². The Balaban J connectivity index is 1.71. The summed E-state index contributed by atoms with van der Waals surface area (Å²) in [5.74, 6) is -0.198. The van der Waals surface area contributed by atoms with E-state index in [1.807, 2.05) is 0 Å². The Kier molecular flexibility index (Phi) is 10.5. The van der Waals surface area contributed by atoms with Crippen LogP contribution in [0.2, 0.25) is 0 Å². The smallest absolute Gasteiger partial charge is 0.323 e. The van der Waals surface area contributed by atoms with Crippen LogP contribution in [0.25, 0.3) is 12.2 Å². The maximum atomic E-state index is 12.9. The van der Waals surface area contributed by atoms with Gasteiger partial charge in [0.2, 0.25) is 23.8 Å². The number of nitrogens with zero attached hydrogens (tertiary/aromatic N) is 6. The van der Waals surface area contributed by atoms with E-state index in [4.69, 9.17) is 29.3 Å². The Bertz CT molecular complexity index is 1830. The maximum absolute atomic E-state index is 12.9. The summed E-state index contributed by atoms with van der Waals surface area (Å²) < 4.78 is 71.6. The number of rotatable bonds is 14. The highest BCUT2D eigenvalue weighted by Gasteiger charge is 2.21. The molecule has 0 saturated carbocycles. The zero-order chi connectivity index (χ0) is 33.5. The fourth-order valence-electron chi connectivity index (χ4n) is 3.79. The second-order valence-electron chi connectivity index (χ2n) is 8.80. The summed E-state index contributed by atoms with van der Waals surface area (Å²) in [5.41, 5.74) is 12.3. The predicted molar refractivity (Wildman–Crippen MR) is 168 cm³/mol. The molecule has 0 aliphatic carbocycles. The molecule has 244 valence electrons. The molecule has 0 aliphatic rings. The first-order valence-electron chi connectivity index (χ1n) is 13.3. The number of nitrogens with one attached hydrogen (secondary N) is 2. The third-order valence-corrected chi connectivity index (χ3v) is 8.43. The van der Waals surface area contributed by atoms with Crippen LogP contribution >= 0.6 is 0 Å². The van der Waals surface area contributed by atoms with E-state index < -0.39 is 20.2 Å². The van der Waals surface area contributed by atoms with Crippen molar-refractivity contribution in [2.45, 2.75) is 23.6 Å². The summed E-state index contributed by atoms with van der Waals surface area (Å²) in [6.07, 6.45) is 2.81. The van der Waals surface area contributed by atoms with E-state index in [1.165, 1.54) is 36.4 Å². The number of anilines is 6. The van der Waals surface area contributed by atoms with Crippen molar-refractivity contribution in [3.05, 3.63) is 47.5 Å². The van der Waals surface area contributed by atoms with Crippen molar-refractivity contribution in [2.24, 2.45) is 0 Å². The van der Waals surface area contributed by atoms with Gasteiger partial charge in [0.25, 0.3) is 20.2 Å². The largest absolute Gasteiger partial charge is 0.464 e. The molecule has 0 amide bonds. The van der Waals surface area contributed by atoms with E-state index >= 15 is 0 Å². The van der Waals surface area contributed by atoms with Gasteiger partial charge in [-0.05, 0) is 49.2 Å². The van der Waals surface area contributed by atoms with E-state index in [2.05, 4.69) is 40.5 Å². The molecule has 0 aliphatic heterocycles. The second kappa shape index (κ2) is 14.3. The third-order valence-electron chi connectivity index (χ3n) is 5.77. The Morgan fingerprint density at radius 2 is 1.04 bits per heavy atom. The van der Waals surface area contributed by atoms with Gasteiger partial charge in [-0.25, -0.2) is 0 Å². The highest BCUT2D eigenvalue weighted by Crippen LogP contribution is 2.29. The minimum absolute atomic E-state index is 0.0112. The van der Waals surface area contributed by atoms with Crippen LogP contribution < -0.4 is 31.6 Å². The molecule has 0 saturated heterocycles. The highest BCUT2D eigenvalue weighted by atomic mass is 32.2. The molecule has 2 heterocycles. The zero-order valence-electron chi connectivity index (χ0n) is 25.0. The van der Waals surface area contributed by atoms with Crippen molar-refractivity contribution in [2.75, 3.05) is 49.5 Å². The molecule has 46 heavy (non-hydrogen) atoms. The van der Waals surface area contributed by atoms with Gasteiger partial charge in [-0.3, -0.25) is 8.37 Å². The molecule has 2 aromatic heterocycles. The highest BCUT2D eigenvalue weighted by molar-refractivity contribution is 7.87. The van der Waals surface area contributed by atoms with Crippen molar-refractivity contribution in [3.8, 4) is 12.0 Å². The molecular formula is C26H30N10O8S2. The standard InChI is InChI=1S/C26H30N10O8S2/c1-5-43-25-33-21(27)31-23(35-25)29-17-11-9-15(19(13-17)45(37,38)41-3)7-8-16-10-12-18(14-20(16)46(39,40)42-4)30-24-32-22(28)34-26(36-24)44-6-2/h7-14H,5-6H2,1-4H3,(H3,27,29,31,33,35)(H3,28,30,32,34,36)/b8-7+. The molecule has 6 N–H and O–H groups in total. The topological polar surface area (TPSA) is 259 Å². The van der Waals surface area contributed by atoms with Crippen LogP contribution in [0.15, 0.2) is 46.2 Å². The van der Waals surface area contributed by atoms with Gasteiger partial charge in [0.15, 0.2) is 0 Å². The predicted octanol–water partition coefficient (Wildman–Crippen LogP) is 2.35. The van der Waals surface area contributed by atoms with Gasteiger partial charge in [0.1, 0.15) is 9.79 Å². The van der Waals surface area contributed by atoms with Crippen molar-refractivity contribution >= 4 is 67.6 Å². The lowest BCUT2D eigenvalue weighted by Gasteiger charge is -2.12. The first-order chi connectivity index (χ1) is 21.9. The summed E-state index contributed by atoms with van der Waals surface area (Å²) in [6, 6.07) is 8.58. The lowest BCUT2D eigenvalue weighted by molar-refractivity contribution is 0.312. The van der Waals surface area contributed by atoms with Crippen LogP contribution in [-0.2, 0) is 28.6 Å². The van der Waals surface area contributed by atoms with Crippen molar-refractivity contribution < 1.29 is 34.7 Å². The molecule has 0 radical (unpaired) electrons. The minimum atomic E-state index is -4.25. The summed E-state index contributed by atoms with van der Waals surface area (Å²) in [5, 5.41) is 5.72. The molecule has 0 atom stereocenters. The lowest BCUT2D eigenvalue weighted by Crippen LogP contribution is -2.09. The number of ether oxygens (including phenoxy) is 2. The van der Waals surface area contributed by atoms with E-state index in [-0.39, 0.29) is 81.3 Å². The molecule has 4 rings (SSSR count). The zero-order valence-corrected chi connectivity index (χ0v) is 26.6. The Morgan fingerprint density at radius 1 is 0.652 bits per heavy atom. The molecule has 0 unspecified atom stereocenters. The van der Waals surface area contributed by atoms with Crippen LogP contribution in [0, 0.1) is 0 Å². The first kappa shape index (κ1) is 33.7. The van der Waals surface area contributed by atoms with Gasteiger partial charge >= 0.3 is 12.0 Å². The fourth-order valence-corrected chi connectivity index (χ4v) is 5.54. The van der Waals surface area contributed by atoms with Gasteiger partial charge in [0.05, 0.1) is 27.4 Å². The van der Waals surface area contributed by atoms with Crippen LogP contribution in [0.4, 0.5) is 35.2 Å². The van der Waals surface area contributed by atoms with Gasteiger partial charge in [-0.15, -0.1) is 0 Å².